The molecule has 2 atom stereocenters. The van der Waals surface area contributed by atoms with E-state index in [1.807, 2.05) is 0 Å². The van der Waals surface area contributed by atoms with Gasteiger partial charge < -0.3 is 9.84 Å². The number of hydrogen-bond donors (Lipinski definition) is 1. The number of aryl methyl sites for hydroxylation is 1. The Balaban J connectivity index is 2.01. The molecule has 1 saturated heterocycles. The maximum atomic E-state index is 9.15. The quantitative estimate of drug-likeness (QED) is 0.863. The maximum absolute atomic E-state index is 9.15. The molecular weight excluding hydrogens is 214 g/mol. The van der Waals surface area contributed by atoms with Crippen LogP contribution in [-0.4, -0.2) is 41.9 Å². The van der Waals surface area contributed by atoms with E-state index in [2.05, 4.69) is 43.0 Å². The minimum Gasteiger partial charge on any atom is -0.394 e. The van der Waals surface area contributed by atoms with Crippen LogP contribution in [0.2, 0.25) is 0 Å². The highest BCUT2D eigenvalue weighted by molar-refractivity contribution is 5.22. The molecule has 2 rings (SSSR count). The van der Waals surface area contributed by atoms with Crippen LogP contribution in [0.1, 0.15) is 18.1 Å². The van der Waals surface area contributed by atoms with Gasteiger partial charge in [0.1, 0.15) is 0 Å². The maximum Gasteiger partial charge on any atom is 0.0933 e. The van der Waals surface area contributed by atoms with Crippen LogP contribution in [0.15, 0.2) is 24.3 Å². The van der Waals surface area contributed by atoms with Crippen molar-refractivity contribution in [2.24, 2.45) is 0 Å². The average molecular weight is 235 g/mol. The smallest absolute Gasteiger partial charge is 0.0933 e. The van der Waals surface area contributed by atoms with E-state index < -0.39 is 0 Å². The Morgan fingerprint density at radius 2 is 2.29 bits per heavy atom. The van der Waals surface area contributed by atoms with E-state index in [0.29, 0.717) is 12.6 Å². The third kappa shape index (κ3) is 3.28. The first-order valence-corrected chi connectivity index (χ1v) is 6.21. The second-order valence-electron chi connectivity index (χ2n) is 4.91. The molecule has 1 fully saturated rings. The van der Waals surface area contributed by atoms with Gasteiger partial charge in [-0.1, -0.05) is 29.8 Å². The first-order chi connectivity index (χ1) is 8.19. The number of rotatable bonds is 3. The topological polar surface area (TPSA) is 32.7 Å². The molecule has 3 nitrogen and oxygen atoms in total. The molecule has 0 spiro atoms. The monoisotopic (exact) mass is 235 g/mol. The molecule has 1 aromatic carbocycles. The lowest BCUT2D eigenvalue weighted by atomic mass is 10.1. The third-order valence-corrected chi connectivity index (χ3v) is 3.31. The lowest BCUT2D eigenvalue weighted by Gasteiger charge is -2.37. The molecule has 0 saturated carbocycles. The van der Waals surface area contributed by atoms with E-state index in [-0.39, 0.29) is 12.7 Å². The standard InChI is InChI=1S/C14H21NO2/c1-11-4-3-5-13(6-11)7-15-8-14(9-16)17-10-12(15)2/h3-6,12,14,16H,7-10H2,1-2H3. The summed E-state index contributed by atoms with van der Waals surface area (Å²) in [6, 6.07) is 9.00. The van der Waals surface area contributed by atoms with Gasteiger partial charge in [-0.15, -0.1) is 0 Å². The van der Waals surface area contributed by atoms with Crippen molar-refractivity contribution in [2.45, 2.75) is 32.5 Å². The Morgan fingerprint density at radius 1 is 1.47 bits per heavy atom. The summed E-state index contributed by atoms with van der Waals surface area (Å²) in [6.45, 7) is 6.84. The van der Waals surface area contributed by atoms with Gasteiger partial charge >= 0.3 is 0 Å². The van der Waals surface area contributed by atoms with E-state index in [0.717, 1.165) is 13.1 Å². The van der Waals surface area contributed by atoms with Gasteiger partial charge in [0.15, 0.2) is 0 Å². The van der Waals surface area contributed by atoms with Crippen molar-refractivity contribution in [1.29, 1.82) is 0 Å². The van der Waals surface area contributed by atoms with Gasteiger partial charge in [-0.3, -0.25) is 4.90 Å². The van der Waals surface area contributed by atoms with Crippen LogP contribution in [0.4, 0.5) is 0 Å². The van der Waals surface area contributed by atoms with Crippen molar-refractivity contribution < 1.29 is 9.84 Å². The predicted molar refractivity (Wildman–Crippen MR) is 67.9 cm³/mol. The highest BCUT2D eigenvalue weighted by Crippen LogP contribution is 2.16. The number of aliphatic hydroxyl groups is 1. The highest BCUT2D eigenvalue weighted by atomic mass is 16.5. The second kappa shape index (κ2) is 5.63. The van der Waals surface area contributed by atoms with Gasteiger partial charge in [0.2, 0.25) is 0 Å². The van der Waals surface area contributed by atoms with E-state index >= 15 is 0 Å². The number of morpholine rings is 1. The van der Waals surface area contributed by atoms with E-state index in [1.54, 1.807) is 0 Å². The number of ether oxygens (including phenoxy) is 1. The van der Waals surface area contributed by atoms with Gasteiger partial charge in [-0.05, 0) is 19.4 Å². The highest BCUT2D eigenvalue weighted by Gasteiger charge is 2.25. The van der Waals surface area contributed by atoms with Gasteiger partial charge in [0.05, 0.1) is 19.3 Å². The molecule has 17 heavy (non-hydrogen) atoms. The average Bonchev–Trinajstić information content (AvgIpc) is 2.32. The molecule has 2 unspecified atom stereocenters. The van der Waals surface area contributed by atoms with Crippen molar-refractivity contribution >= 4 is 0 Å². The van der Waals surface area contributed by atoms with Crippen LogP contribution in [0.3, 0.4) is 0 Å². The lowest BCUT2D eigenvalue weighted by Crippen LogP contribution is -2.48. The van der Waals surface area contributed by atoms with Crippen molar-refractivity contribution in [3.63, 3.8) is 0 Å². The first kappa shape index (κ1) is 12.6. The summed E-state index contributed by atoms with van der Waals surface area (Å²) < 4.78 is 5.54. The predicted octanol–water partition coefficient (Wildman–Crippen LogP) is 1.58. The number of aliphatic hydroxyl groups excluding tert-OH is 1. The molecule has 1 aromatic rings. The van der Waals surface area contributed by atoms with Gasteiger partial charge in [0, 0.05) is 19.1 Å². The third-order valence-electron chi connectivity index (χ3n) is 3.31. The normalized spacial score (nSPS) is 26.1. The Morgan fingerprint density at radius 3 is 3.00 bits per heavy atom. The fourth-order valence-electron chi connectivity index (χ4n) is 2.25. The summed E-state index contributed by atoms with van der Waals surface area (Å²) in [5, 5.41) is 9.15. The molecule has 94 valence electrons. The van der Waals surface area contributed by atoms with Crippen LogP contribution in [-0.2, 0) is 11.3 Å². The summed E-state index contributed by atoms with van der Waals surface area (Å²) in [5.41, 5.74) is 2.62. The summed E-state index contributed by atoms with van der Waals surface area (Å²) in [7, 11) is 0. The van der Waals surface area contributed by atoms with Crippen LogP contribution >= 0.6 is 0 Å². The summed E-state index contributed by atoms with van der Waals surface area (Å²) in [6.07, 6.45) is -0.0315. The Bertz CT molecular complexity index is 367. The first-order valence-electron chi connectivity index (χ1n) is 6.21. The fraction of sp³-hybridized carbons (Fsp3) is 0.571. The molecule has 0 amide bonds. The molecule has 1 aliphatic heterocycles. The lowest BCUT2D eigenvalue weighted by molar-refractivity contribution is -0.0805. The van der Waals surface area contributed by atoms with Crippen LogP contribution in [0, 0.1) is 6.92 Å². The summed E-state index contributed by atoms with van der Waals surface area (Å²) in [4.78, 5) is 2.37. The van der Waals surface area contributed by atoms with E-state index in [9.17, 15) is 0 Å². The van der Waals surface area contributed by atoms with E-state index in [4.69, 9.17) is 9.84 Å². The SMILES string of the molecule is Cc1cccc(CN2CC(CO)OCC2C)c1. The van der Waals surface area contributed by atoms with Crippen molar-refractivity contribution in [3.8, 4) is 0 Å². The summed E-state index contributed by atoms with van der Waals surface area (Å²) >= 11 is 0. The molecule has 1 aliphatic rings. The number of benzene rings is 1. The Kier molecular flexibility index (Phi) is 4.15. The van der Waals surface area contributed by atoms with Crippen molar-refractivity contribution in [2.75, 3.05) is 19.8 Å². The zero-order valence-electron chi connectivity index (χ0n) is 10.6. The largest absolute Gasteiger partial charge is 0.394 e. The van der Waals surface area contributed by atoms with Crippen molar-refractivity contribution in [1.82, 2.24) is 4.90 Å². The number of hydrogen-bond acceptors (Lipinski definition) is 3. The van der Waals surface area contributed by atoms with E-state index in [1.165, 1.54) is 11.1 Å². The van der Waals surface area contributed by atoms with Gasteiger partial charge in [-0.25, -0.2) is 0 Å². The minimum atomic E-state index is -0.0315. The Hall–Kier alpha value is -0.900. The Labute approximate surface area is 103 Å². The summed E-state index contributed by atoms with van der Waals surface area (Å²) in [5.74, 6) is 0. The molecule has 0 radical (unpaired) electrons. The number of nitrogens with zero attached hydrogens (tertiary/aromatic N) is 1. The molecular formula is C14H21NO2. The second-order valence-corrected chi connectivity index (χ2v) is 4.91. The van der Waals surface area contributed by atoms with Crippen LogP contribution in [0.25, 0.3) is 0 Å². The minimum absolute atomic E-state index is 0.0315. The fourth-order valence-corrected chi connectivity index (χ4v) is 2.25. The van der Waals surface area contributed by atoms with Crippen molar-refractivity contribution in [3.05, 3.63) is 35.4 Å². The zero-order chi connectivity index (χ0) is 12.3. The van der Waals surface area contributed by atoms with Gasteiger partial charge in [0.25, 0.3) is 0 Å². The molecule has 0 aromatic heterocycles. The van der Waals surface area contributed by atoms with Crippen LogP contribution < -0.4 is 0 Å². The molecule has 1 N–H and O–H groups in total. The van der Waals surface area contributed by atoms with Gasteiger partial charge in [-0.2, -0.15) is 0 Å². The zero-order valence-corrected chi connectivity index (χ0v) is 10.6. The molecule has 0 bridgehead atoms. The molecule has 0 aliphatic carbocycles. The molecule has 3 heteroatoms. The molecule has 1 heterocycles. The van der Waals surface area contributed by atoms with Crippen LogP contribution in [0.5, 0.6) is 0 Å².